The van der Waals surface area contributed by atoms with E-state index in [0.717, 1.165) is 5.56 Å². The molecule has 2 aromatic heterocycles. The van der Waals surface area contributed by atoms with Crippen LogP contribution in [-0.4, -0.2) is 15.2 Å². The van der Waals surface area contributed by atoms with Gasteiger partial charge in [-0.15, -0.1) is 11.3 Å². The lowest BCUT2D eigenvalue weighted by Crippen LogP contribution is -1.92. The number of aromatic nitrogens is 2. The van der Waals surface area contributed by atoms with Gasteiger partial charge in [0.25, 0.3) is 5.89 Å². The van der Waals surface area contributed by atoms with Crippen LogP contribution >= 0.6 is 22.9 Å². The van der Waals surface area contributed by atoms with E-state index in [1.807, 2.05) is 5.38 Å². The van der Waals surface area contributed by atoms with Gasteiger partial charge in [-0.2, -0.15) is 4.98 Å². The van der Waals surface area contributed by atoms with E-state index < -0.39 is 6.10 Å². The molecule has 2 aromatic rings. The van der Waals surface area contributed by atoms with E-state index in [2.05, 4.69) is 10.1 Å². The summed E-state index contributed by atoms with van der Waals surface area (Å²) in [5.74, 6) is 0.659. The van der Waals surface area contributed by atoms with Crippen LogP contribution in [0.2, 0.25) is 4.34 Å². The Kier molecular flexibility index (Phi) is 2.54. The Labute approximate surface area is 89.1 Å². The fraction of sp³-hybridized carbons (Fsp3) is 0.250. The van der Waals surface area contributed by atoms with E-state index in [1.165, 1.54) is 11.3 Å². The Bertz CT molecular complexity index is 438. The Morgan fingerprint density at radius 3 is 2.93 bits per heavy atom. The topological polar surface area (TPSA) is 59.2 Å². The monoisotopic (exact) mass is 230 g/mol. The van der Waals surface area contributed by atoms with Crippen molar-refractivity contribution in [1.29, 1.82) is 0 Å². The molecule has 14 heavy (non-hydrogen) atoms. The number of hydrogen-bond donors (Lipinski definition) is 1. The van der Waals surface area contributed by atoms with Gasteiger partial charge in [-0.1, -0.05) is 16.8 Å². The molecule has 2 heterocycles. The van der Waals surface area contributed by atoms with Crippen molar-refractivity contribution in [2.24, 2.45) is 0 Å². The molecule has 1 N–H and O–H groups in total. The average Bonchev–Trinajstić information content (AvgIpc) is 2.70. The smallest absolute Gasteiger partial charge is 0.258 e. The zero-order valence-electron chi connectivity index (χ0n) is 7.27. The maximum atomic E-state index is 9.18. The number of thiophene rings is 1. The first-order valence-corrected chi connectivity index (χ1v) is 5.18. The van der Waals surface area contributed by atoms with Crippen LogP contribution in [-0.2, 0) is 0 Å². The number of nitrogens with zero attached hydrogens (tertiary/aromatic N) is 2. The summed E-state index contributed by atoms with van der Waals surface area (Å²) in [4.78, 5) is 4.01. The molecule has 0 spiro atoms. The van der Waals surface area contributed by atoms with E-state index in [-0.39, 0.29) is 5.82 Å². The van der Waals surface area contributed by atoms with Gasteiger partial charge in [-0.3, -0.25) is 0 Å². The van der Waals surface area contributed by atoms with Crippen LogP contribution in [0.5, 0.6) is 0 Å². The maximum absolute atomic E-state index is 9.18. The van der Waals surface area contributed by atoms with E-state index in [0.29, 0.717) is 10.2 Å². The van der Waals surface area contributed by atoms with E-state index in [9.17, 15) is 5.11 Å². The minimum Gasteiger partial charge on any atom is -0.385 e. The maximum Gasteiger partial charge on any atom is 0.258 e. The van der Waals surface area contributed by atoms with Crippen molar-refractivity contribution in [2.75, 3.05) is 0 Å². The SMILES string of the molecule is CC(O)c1noc(-c2csc(Cl)c2)n1. The zero-order chi connectivity index (χ0) is 10.1. The Hall–Kier alpha value is -0.910. The summed E-state index contributed by atoms with van der Waals surface area (Å²) in [7, 11) is 0. The molecule has 1 unspecified atom stereocenters. The highest BCUT2D eigenvalue weighted by atomic mass is 35.5. The molecular formula is C8H7ClN2O2S. The average molecular weight is 231 g/mol. The van der Waals surface area contributed by atoms with Crippen LogP contribution in [0.4, 0.5) is 0 Å². The fourth-order valence-electron chi connectivity index (χ4n) is 0.944. The van der Waals surface area contributed by atoms with Gasteiger partial charge in [-0.25, -0.2) is 0 Å². The predicted molar refractivity (Wildman–Crippen MR) is 53.3 cm³/mol. The third kappa shape index (κ3) is 1.79. The third-order valence-corrected chi connectivity index (χ3v) is 2.72. The summed E-state index contributed by atoms with van der Waals surface area (Å²) in [6.45, 7) is 1.58. The molecule has 0 aliphatic rings. The normalized spacial score (nSPS) is 13.1. The van der Waals surface area contributed by atoms with Crippen molar-refractivity contribution in [3.8, 4) is 11.5 Å². The number of hydrogen-bond acceptors (Lipinski definition) is 5. The van der Waals surface area contributed by atoms with Crippen LogP contribution in [0.1, 0.15) is 18.9 Å². The van der Waals surface area contributed by atoms with Crippen LogP contribution in [0.3, 0.4) is 0 Å². The summed E-state index contributed by atoms with van der Waals surface area (Å²) in [5.41, 5.74) is 0.777. The Morgan fingerprint density at radius 2 is 2.43 bits per heavy atom. The van der Waals surface area contributed by atoms with E-state index in [1.54, 1.807) is 13.0 Å². The van der Waals surface area contributed by atoms with Gasteiger partial charge in [0.2, 0.25) is 0 Å². The first kappa shape index (κ1) is 9.64. The highest BCUT2D eigenvalue weighted by Gasteiger charge is 2.13. The zero-order valence-corrected chi connectivity index (χ0v) is 8.84. The lowest BCUT2D eigenvalue weighted by Gasteiger charge is -1.91. The van der Waals surface area contributed by atoms with Crippen LogP contribution in [0.15, 0.2) is 16.0 Å². The number of halogens is 1. The minimum absolute atomic E-state index is 0.280. The van der Waals surface area contributed by atoms with E-state index >= 15 is 0 Å². The Balaban J connectivity index is 2.33. The van der Waals surface area contributed by atoms with Crippen LogP contribution in [0.25, 0.3) is 11.5 Å². The first-order chi connectivity index (χ1) is 6.66. The van der Waals surface area contributed by atoms with Crippen molar-refractivity contribution >= 4 is 22.9 Å². The largest absolute Gasteiger partial charge is 0.385 e. The van der Waals surface area contributed by atoms with E-state index in [4.69, 9.17) is 16.1 Å². The molecular weight excluding hydrogens is 224 g/mol. The number of aliphatic hydroxyl groups is 1. The predicted octanol–water partition coefficient (Wildman–Crippen LogP) is 2.50. The van der Waals surface area contributed by atoms with Crippen molar-refractivity contribution in [2.45, 2.75) is 13.0 Å². The molecule has 0 saturated carbocycles. The van der Waals surface area contributed by atoms with Crippen LogP contribution in [0, 0.1) is 0 Å². The lowest BCUT2D eigenvalue weighted by molar-refractivity contribution is 0.184. The molecule has 0 aliphatic heterocycles. The molecule has 0 bridgehead atoms. The van der Waals surface area contributed by atoms with Crippen molar-refractivity contribution in [1.82, 2.24) is 10.1 Å². The van der Waals surface area contributed by atoms with Gasteiger partial charge in [0.1, 0.15) is 6.10 Å². The summed E-state index contributed by atoms with van der Waals surface area (Å²) in [6.07, 6.45) is -0.721. The molecule has 0 amide bonds. The van der Waals surface area contributed by atoms with Gasteiger partial charge in [-0.05, 0) is 13.0 Å². The van der Waals surface area contributed by atoms with Crippen molar-refractivity contribution in [3.05, 3.63) is 21.6 Å². The van der Waals surface area contributed by atoms with Crippen molar-refractivity contribution in [3.63, 3.8) is 0 Å². The highest BCUT2D eigenvalue weighted by Crippen LogP contribution is 2.27. The van der Waals surface area contributed by atoms with Gasteiger partial charge in [0, 0.05) is 5.38 Å². The van der Waals surface area contributed by atoms with Crippen molar-refractivity contribution < 1.29 is 9.63 Å². The summed E-state index contributed by atoms with van der Waals surface area (Å²) in [5, 5.41) is 14.6. The minimum atomic E-state index is -0.721. The molecule has 0 saturated heterocycles. The second kappa shape index (κ2) is 3.68. The quantitative estimate of drug-likeness (QED) is 0.861. The first-order valence-electron chi connectivity index (χ1n) is 3.93. The second-order valence-corrected chi connectivity index (χ2v) is 4.32. The fourth-order valence-corrected chi connectivity index (χ4v) is 1.80. The van der Waals surface area contributed by atoms with Crippen LogP contribution < -0.4 is 0 Å². The summed E-state index contributed by atoms with van der Waals surface area (Å²) in [6, 6.07) is 1.74. The second-order valence-electron chi connectivity index (χ2n) is 2.77. The molecule has 4 nitrogen and oxygen atoms in total. The summed E-state index contributed by atoms with van der Waals surface area (Å²) < 4.78 is 5.62. The molecule has 74 valence electrons. The van der Waals surface area contributed by atoms with Gasteiger partial charge in [0.05, 0.1) is 9.90 Å². The van der Waals surface area contributed by atoms with Gasteiger partial charge < -0.3 is 9.63 Å². The molecule has 6 heteroatoms. The molecule has 0 radical (unpaired) electrons. The summed E-state index contributed by atoms with van der Waals surface area (Å²) >= 11 is 7.15. The third-order valence-electron chi connectivity index (χ3n) is 1.63. The molecule has 2 rings (SSSR count). The number of aliphatic hydroxyl groups excluding tert-OH is 1. The molecule has 0 aromatic carbocycles. The van der Waals surface area contributed by atoms with Gasteiger partial charge >= 0.3 is 0 Å². The molecule has 1 atom stereocenters. The Morgan fingerprint density at radius 1 is 1.64 bits per heavy atom. The van der Waals surface area contributed by atoms with Gasteiger partial charge in [0.15, 0.2) is 5.82 Å². The molecule has 0 aliphatic carbocycles. The number of rotatable bonds is 2. The lowest BCUT2D eigenvalue weighted by atomic mass is 10.3. The standard InChI is InChI=1S/C8H7ClN2O2S/c1-4(12)7-10-8(13-11-7)5-2-6(9)14-3-5/h2-4,12H,1H3. The highest BCUT2D eigenvalue weighted by molar-refractivity contribution is 7.14. The molecule has 0 fully saturated rings.